The number of allylic oxidation sites excluding steroid dienone is 1. The van der Waals surface area contributed by atoms with E-state index in [1.54, 1.807) is 0 Å². The highest BCUT2D eigenvalue weighted by atomic mass is 28.4. The molecule has 5 heteroatoms. The number of hydrogen-bond acceptors (Lipinski definition) is 4. The van der Waals surface area contributed by atoms with Crippen LogP contribution >= 0.6 is 0 Å². The van der Waals surface area contributed by atoms with Gasteiger partial charge in [-0.3, -0.25) is 4.79 Å². The van der Waals surface area contributed by atoms with Gasteiger partial charge in [-0.15, -0.1) is 0 Å². The van der Waals surface area contributed by atoms with Gasteiger partial charge in [0.25, 0.3) is 0 Å². The second-order valence-electron chi connectivity index (χ2n) is 12.2. The number of Topliss-reactive ketones (excluding diaryl/α,β-unsaturated/α-hetero) is 1. The van der Waals surface area contributed by atoms with Crippen molar-refractivity contribution < 1.29 is 19.1 Å². The topological polar surface area (TPSA) is 55.8 Å². The van der Waals surface area contributed by atoms with Crippen molar-refractivity contribution >= 4 is 14.1 Å². The van der Waals surface area contributed by atoms with E-state index in [0.29, 0.717) is 25.9 Å². The molecule has 2 aliphatic rings. The van der Waals surface area contributed by atoms with Crippen LogP contribution in [0, 0.1) is 11.8 Å². The molecule has 0 radical (unpaired) electrons. The number of benzene rings is 1. The van der Waals surface area contributed by atoms with Gasteiger partial charge in [0.15, 0.2) is 8.32 Å². The molecule has 0 amide bonds. The SMILES string of the molecule is C=C1CCC[C@H](O[Si](C)(C)C(C)(C)C)[C@@H](C)C(=O)[C@H]2CC[C@@H](OCc3ccccc3)[C@@]2(O)CC1. The maximum absolute atomic E-state index is 13.9. The molecule has 0 spiro atoms. The molecule has 190 valence electrons. The first kappa shape index (κ1) is 27.3. The van der Waals surface area contributed by atoms with Crippen molar-refractivity contribution in [2.24, 2.45) is 11.8 Å². The summed E-state index contributed by atoms with van der Waals surface area (Å²) in [5.41, 5.74) is 1.07. The molecule has 0 heterocycles. The summed E-state index contributed by atoms with van der Waals surface area (Å²) in [5.74, 6) is -0.519. The number of ether oxygens (including phenoxy) is 1. The van der Waals surface area contributed by atoms with Crippen LogP contribution in [0.4, 0.5) is 0 Å². The summed E-state index contributed by atoms with van der Waals surface area (Å²) < 4.78 is 13.1. The Morgan fingerprint density at radius 2 is 1.79 bits per heavy atom. The quantitative estimate of drug-likeness (QED) is 0.366. The van der Waals surface area contributed by atoms with Crippen molar-refractivity contribution in [3.63, 3.8) is 0 Å². The summed E-state index contributed by atoms with van der Waals surface area (Å²) in [6.45, 7) is 18.0. The number of aliphatic hydroxyl groups is 1. The van der Waals surface area contributed by atoms with E-state index >= 15 is 0 Å². The summed E-state index contributed by atoms with van der Waals surface area (Å²) in [5, 5.41) is 12.1. The summed E-state index contributed by atoms with van der Waals surface area (Å²) in [6.07, 6.45) is 4.90. The van der Waals surface area contributed by atoms with E-state index in [4.69, 9.17) is 9.16 Å². The Hall–Kier alpha value is -1.27. The van der Waals surface area contributed by atoms with Gasteiger partial charge in [0.2, 0.25) is 0 Å². The molecule has 4 nitrogen and oxygen atoms in total. The monoisotopic (exact) mass is 486 g/mol. The van der Waals surface area contributed by atoms with E-state index in [1.807, 2.05) is 37.3 Å². The lowest BCUT2D eigenvalue weighted by molar-refractivity contribution is -0.150. The summed E-state index contributed by atoms with van der Waals surface area (Å²) in [4.78, 5) is 13.9. The fourth-order valence-electron chi connectivity index (χ4n) is 5.29. The molecule has 0 unspecified atom stereocenters. The molecule has 1 aromatic rings. The van der Waals surface area contributed by atoms with Crippen LogP contribution in [-0.2, 0) is 20.6 Å². The first-order valence-corrected chi connectivity index (χ1v) is 16.0. The minimum Gasteiger partial charge on any atom is -0.413 e. The van der Waals surface area contributed by atoms with Crippen molar-refractivity contribution in [2.45, 2.75) is 115 Å². The molecule has 34 heavy (non-hydrogen) atoms. The predicted octanol–water partition coefficient (Wildman–Crippen LogP) is 6.83. The maximum atomic E-state index is 13.9. The predicted molar refractivity (Wildman–Crippen MR) is 141 cm³/mol. The Balaban J connectivity index is 1.84. The van der Waals surface area contributed by atoms with Crippen LogP contribution < -0.4 is 0 Å². The Bertz CT molecular complexity index is 843. The molecule has 2 saturated carbocycles. The van der Waals surface area contributed by atoms with E-state index in [9.17, 15) is 9.90 Å². The van der Waals surface area contributed by atoms with Gasteiger partial charge in [0.1, 0.15) is 11.4 Å². The number of rotatable bonds is 5. The first-order valence-electron chi connectivity index (χ1n) is 13.1. The zero-order valence-corrected chi connectivity index (χ0v) is 23.2. The standard InChI is InChI=1S/C29H46O4Si/c1-21-12-11-15-25(33-34(6,7)28(3,4)5)22(2)27(30)24-16-17-26(29(24,31)19-18-21)32-20-23-13-9-8-10-14-23/h8-10,13-14,22,24-26,31H,1,11-12,15-20H2,2-7H3/t22-,24-,25+,26-,29-/m1/s1. The fourth-order valence-corrected chi connectivity index (χ4v) is 6.72. The van der Waals surface area contributed by atoms with Gasteiger partial charge < -0.3 is 14.3 Å². The van der Waals surface area contributed by atoms with Crippen LogP contribution in [0.3, 0.4) is 0 Å². The van der Waals surface area contributed by atoms with E-state index in [-0.39, 0.29) is 28.9 Å². The molecule has 0 aliphatic heterocycles. The molecule has 5 atom stereocenters. The largest absolute Gasteiger partial charge is 0.413 e. The number of carbonyl (C=O) groups is 1. The molecular formula is C29H46O4Si. The van der Waals surface area contributed by atoms with Crippen LogP contribution in [0.25, 0.3) is 0 Å². The van der Waals surface area contributed by atoms with Gasteiger partial charge in [0.05, 0.1) is 18.8 Å². The molecule has 0 aromatic heterocycles. The Morgan fingerprint density at radius 3 is 2.44 bits per heavy atom. The van der Waals surface area contributed by atoms with Crippen LogP contribution in [0.15, 0.2) is 42.5 Å². The van der Waals surface area contributed by atoms with Crippen LogP contribution in [-0.4, -0.2) is 37.0 Å². The van der Waals surface area contributed by atoms with Crippen LogP contribution in [0.5, 0.6) is 0 Å². The molecule has 1 aromatic carbocycles. The normalized spacial score (nSPS) is 31.7. The summed E-state index contributed by atoms with van der Waals surface area (Å²) >= 11 is 0. The highest BCUT2D eigenvalue weighted by Gasteiger charge is 2.54. The molecular weight excluding hydrogens is 440 g/mol. The molecule has 2 fully saturated rings. The van der Waals surface area contributed by atoms with Crippen LogP contribution in [0.2, 0.25) is 18.1 Å². The van der Waals surface area contributed by atoms with Crippen molar-refractivity contribution in [1.82, 2.24) is 0 Å². The smallest absolute Gasteiger partial charge is 0.192 e. The van der Waals surface area contributed by atoms with Crippen molar-refractivity contribution in [1.29, 1.82) is 0 Å². The highest BCUT2D eigenvalue weighted by molar-refractivity contribution is 6.74. The molecule has 2 aliphatic carbocycles. The lowest BCUT2D eigenvalue weighted by Crippen LogP contribution is -2.51. The van der Waals surface area contributed by atoms with Crippen molar-refractivity contribution in [3.8, 4) is 0 Å². The Labute approximate surface area is 208 Å². The van der Waals surface area contributed by atoms with Gasteiger partial charge in [0, 0.05) is 11.8 Å². The second-order valence-corrected chi connectivity index (χ2v) is 16.9. The average Bonchev–Trinajstić information content (AvgIpc) is 3.09. The minimum absolute atomic E-state index is 0.0794. The van der Waals surface area contributed by atoms with Gasteiger partial charge in [-0.1, -0.05) is 70.2 Å². The van der Waals surface area contributed by atoms with E-state index in [1.165, 1.54) is 0 Å². The van der Waals surface area contributed by atoms with Gasteiger partial charge in [-0.2, -0.15) is 0 Å². The molecule has 1 N–H and O–H groups in total. The number of ketones is 1. The molecule has 0 saturated heterocycles. The highest BCUT2D eigenvalue weighted by Crippen LogP contribution is 2.46. The lowest BCUT2D eigenvalue weighted by atomic mass is 9.77. The number of carbonyl (C=O) groups excluding carboxylic acids is 1. The third-order valence-corrected chi connectivity index (χ3v) is 13.2. The minimum atomic E-state index is -2.04. The van der Waals surface area contributed by atoms with Gasteiger partial charge in [-0.25, -0.2) is 0 Å². The van der Waals surface area contributed by atoms with E-state index in [0.717, 1.165) is 36.8 Å². The Morgan fingerprint density at radius 1 is 1.12 bits per heavy atom. The maximum Gasteiger partial charge on any atom is 0.192 e. The third kappa shape index (κ3) is 6.10. The average molecular weight is 487 g/mol. The van der Waals surface area contributed by atoms with Gasteiger partial charge in [-0.05, 0) is 68.6 Å². The van der Waals surface area contributed by atoms with Crippen molar-refractivity contribution in [2.75, 3.05) is 0 Å². The summed E-state index contributed by atoms with van der Waals surface area (Å²) in [6, 6.07) is 10.0. The Kier molecular flexibility index (Phi) is 8.66. The number of hydrogen-bond donors (Lipinski definition) is 1. The van der Waals surface area contributed by atoms with Gasteiger partial charge >= 0.3 is 0 Å². The second kappa shape index (κ2) is 10.8. The zero-order chi connectivity index (χ0) is 25.1. The summed E-state index contributed by atoms with van der Waals surface area (Å²) in [7, 11) is -2.04. The van der Waals surface area contributed by atoms with E-state index < -0.39 is 19.8 Å². The fraction of sp³-hybridized carbons (Fsp3) is 0.690. The lowest BCUT2D eigenvalue weighted by Gasteiger charge is -2.42. The van der Waals surface area contributed by atoms with Crippen molar-refractivity contribution in [3.05, 3.63) is 48.0 Å². The zero-order valence-electron chi connectivity index (χ0n) is 22.2. The molecule has 3 rings (SSSR count). The molecule has 0 bridgehead atoms. The first-order chi connectivity index (χ1) is 15.8. The van der Waals surface area contributed by atoms with Crippen LogP contribution in [0.1, 0.15) is 78.2 Å². The third-order valence-electron chi connectivity index (χ3n) is 8.67. The number of fused-ring (bicyclic) bond motifs is 1. The van der Waals surface area contributed by atoms with E-state index in [2.05, 4.69) is 40.4 Å².